The van der Waals surface area contributed by atoms with Gasteiger partial charge in [-0.05, 0) is 38.1 Å². The number of para-hydroxylation sites is 3. The molecule has 0 spiro atoms. The Labute approximate surface area is 183 Å². The summed E-state index contributed by atoms with van der Waals surface area (Å²) < 4.78 is 2.21. The molecular formula is C24H22IrN2O2. The maximum absolute atomic E-state index is 10.0. The summed E-state index contributed by atoms with van der Waals surface area (Å²) >= 11 is 0. The fraction of sp³-hybridized carbons (Fsp3) is 0.125. The van der Waals surface area contributed by atoms with Crippen LogP contribution in [0.15, 0.2) is 84.9 Å². The number of hydrogen-bond acceptors (Lipinski definition) is 3. The second kappa shape index (κ2) is 10.6. The van der Waals surface area contributed by atoms with Crippen LogP contribution in [-0.2, 0) is 29.7 Å². The van der Waals surface area contributed by atoms with Crippen molar-refractivity contribution < 1.29 is 29.7 Å². The third kappa shape index (κ3) is 5.80. The number of aromatic nitrogens is 2. The Morgan fingerprint density at radius 2 is 1.28 bits per heavy atom. The van der Waals surface area contributed by atoms with E-state index in [9.17, 15) is 9.59 Å². The Kier molecular flexibility index (Phi) is 8.20. The summed E-state index contributed by atoms with van der Waals surface area (Å²) in [5.74, 6) is 0.850. The molecule has 0 aliphatic heterocycles. The molecule has 0 N–H and O–H groups in total. The smallest absolute Gasteiger partial charge is 0.145 e. The van der Waals surface area contributed by atoms with Crippen LogP contribution in [0.3, 0.4) is 0 Å². The van der Waals surface area contributed by atoms with Crippen LogP contribution in [-0.4, -0.2) is 21.1 Å². The monoisotopic (exact) mass is 563 g/mol. The van der Waals surface area contributed by atoms with E-state index in [-0.39, 0.29) is 38.1 Å². The minimum Gasteiger partial charge on any atom is -0.300 e. The zero-order valence-electron chi connectivity index (χ0n) is 16.3. The Balaban J connectivity index is 0.000000327. The largest absolute Gasteiger partial charge is 0.300 e. The molecular weight excluding hydrogens is 540 g/mol. The van der Waals surface area contributed by atoms with E-state index in [1.54, 1.807) is 0 Å². The van der Waals surface area contributed by atoms with Gasteiger partial charge in [-0.3, -0.25) is 14.2 Å². The van der Waals surface area contributed by atoms with Crippen LogP contribution in [0.5, 0.6) is 0 Å². The normalized spacial score (nSPS) is 9.86. The molecule has 4 rings (SSSR count). The summed E-state index contributed by atoms with van der Waals surface area (Å²) in [4.78, 5) is 24.9. The van der Waals surface area contributed by atoms with Crippen LogP contribution >= 0.6 is 0 Å². The van der Waals surface area contributed by atoms with E-state index < -0.39 is 0 Å². The summed E-state index contributed by atoms with van der Waals surface area (Å²) in [5, 5.41) is 0. The van der Waals surface area contributed by atoms with E-state index in [0.717, 1.165) is 28.1 Å². The molecule has 0 aliphatic carbocycles. The van der Waals surface area contributed by atoms with Crippen molar-refractivity contribution in [3.05, 3.63) is 84.9 Å². The van der Waals surface area contributed by atoms with Gasteiger partial charge in [0.15, 0.2) is 0 Å². The molecule has 1 heterocycles. The summed E-state index contributed by atoms with van der Waals surface area (Å²) in [6.45, 7) is 2.81. The van der Waals surface area contributed by atoms with Gasteiger partial charge in [-0.25, -0.2) is 4.98 Å². The molecule has 1 aromatic heterocycles. The Morgan fingerprint density at radius 1 is 0.759 bits per heavy atom. The Hall–Kier alpha value is -2.88. The minimum atomic E-state index is -0.0625. The van der Waals surface area contributed by atoms with E-state index in [1.165, 1.54) is 13.8 Å². The first-order chi connectivity index (χ1) is 13.6. The van der Waals surface area contributed by atoms with Crippen molar-refractivity contribution in [1.82, 2.24) is 9.55 Å². The Bertz CT molecular complexity index is 1080. The molecule has 0 atom stereocenters. The van der Waals surface area contributed by atoms with Crippen LogP contribution < -0.4 is 0 Å². The van der Waals surface area contributed by atoms with Gasteiger partial charge in [0.05, 0.1) is 17.5 Å². The molecule has 4 aromatic rings. The SMILES string of the molecule is CC(=O)CC(C)=O.[Ir].c1ccc(-c2nc3ccccc3n2-c2ccccc2)cc1. The number of hydrogen-bond donors (Lipinski definition) is 0. The van der Waals surface area contributed by atoms with E-state index >= 15 is 0 Å². The van der Waals surface area contributed by atoms with Gasteiger partial charge in [0.2, 0.25) is 0 Å². The number of imidazole rings is 1. The summed E-state index contributed by atoms with van der Waals surface area (Å²) in [5.41, 5.74) is 4.39. The van der Waals surface area contributed by atoms with Crippen molar-refractivity contribution in [3.8, 4) is 17.1 Å². The fourth-order valence-corrected chi connectivity index (χ4v) is 3.00. The molecule has 4 nitrogen and oxygen atoms in total. The molecule has 149 valence electrons. The van der Waals surface area contributed by atoms with Crippen LogP contribution in [0.1, 0.15) is 20.3 Å². The van der Waals surface area contributed by atoms with E-state index in [2.05, 4.69) is 59.2 Å². The first-order valence-electron chi connectivity index (χ1n) is 9.13. The number of carbonyl (C=O) groups is 2. The van der Waals surface area contributed by atoms with Crippen LogP contribution in [0.25, 0.3) is 28.1 Å². The zero-order valence-corrected chi connectivity index (χ0v) is 18.7. The van der Waals surface area contributed by atoms with Crippen molar-refractivity contribution in [3.63, 3.8) is 0 Å². The van der Waals surface area contributed by atoms with E-state index in [1.807, 2.05) is 30.3 Å². The topological polar surface area (TPSA) is 52.0 Å². The fourth-order valence-electron chi connectivity index (χ4n) is 3.00. The van der Waals surface area contributed by atoms with Gasteiger partial charge in [-0.2, -0.15) is 0 Å². The predicted molar refractivity (Wildman–Crippen MR) is 112 cm³/mol. The molecule has 29 heavy (non-hydrogen) atoms. The number of fused-ring (bicyclic) bond motifs is 1. The molecule has 0 aliphatic rings. The summed E-state index contributed by atoms with van der Waals surface area (Å²) in [6, 6.07) is 28.9. The predicted octanol–water partition coefficient (Wildman–Crippen LogP) is 5.24. The van der Waals surface area contributed by atoms with Crippen LogP contribution in [0, 0.1) is 0 Å². The molecule has 0 bridgehead atoms. The second-order valence-corrected chi connectivity index (χ2v) is 6.54. The minimum absolute atomic E-state index is 0. The third-order valence-electron chi connectivity index (χ3n) is 4.11. The zero-order chi connectivity index (χ0) is 19.9. The van der Waals surface area contributed by atoms with E-state index in [4.69, 9.17) is 4.98 Å². The van der Waals surface area contributed by atoms with Gasteiger partial charge in [-0.1, -0.05) is 60.7 Å². The molecule has 3 aromatic carbocycles. The quantitative estimate of drug-likeness (QED) is 0.320. The van der Waals surface area contributed by atoms with Crippen molar-refractivity contribution in [2.45, 2.75) is 20.3 Å². The van der Waals surface area contributed by atoms with Crippen LogP contribution in [0.4, 0.5) is 0 Å². The number of ketones is 2. The molecule has 0 fully saturated rings. The first-order valence-corrected chi connectivity index (χ1v) is 9.13. The van der Waals surface area contributed by atoms with Crippen molar-refractivity contribution in [1.29, 1.82) is 0 Å². The molecule has 5 heteroatoms. The van der Waals surface area contributed by atoms with Crippen molar-refractivity contribution >= 4 is 22.6 Å². The van der Waals surface area contributed by atoms with Crippen LogP contribution in [0.2, 0.25) is 0 Å². The standard InChI is InChI=1S/C19H14N2.C5H8O2.Ir/c1-3-9-15(10-4-1)19-20-17-13-7-8-14-18(17)21(19)16-11-5-2-6-12-16;1-4(6)3-5(2)7;/h1-14H;3H2,1-2H3;. The number of carbonyl (C=O) groups excluding carboxylic acids is 2. The van der Waals surface area contributed by atoms with Crippen molar-refractivity contribution in [2.24, 2.45) is 0 Å². The maximum Gasteiger partial charge on any atom is 0.145 e. The molecule has 0 saturated carbocycles. The number of nitrogens with zero attached hydrogens (tertiary/aromatic N) is 2. The van der Waals surface area contributed by atoms with Gasteiger partial charge in [0, 0.05) is 31.4 Å². The van der Waals surface area contributed by atoms with Gasteiger partial charge in [-0.15, -0.1) is 0 Å². The van der Waals surface area contributed by atoms with Gasteiger partial charge in [0.25, 0.3) is 0 Å². The summed E-state index contributed by atoms with van der Waals surface area (Å²) in [7, 11) is 0. The van der Waals surface area contributed by atoms with Gasteiger partial charge in [0.1, 0.15) is 17.4 Å². The Morgan fingerprint density at radius 3 is 1.83 bits per heavy atom. The number of benzene rings is 3. The van der Waals surface area contributed by atoms with Crippen molar-refractivity contribution in [2.75, 3.05) is 0 Å². The average Bonchev–Trinajstić information content (AvgIpc) is 3.08. The molecule has 0 unspecified atom stereocenters. The van der Waals surface area contributed by atoms with E-state index in [0.29, 0.717) is 0 Å². The molecule has 1 radical (unpaired) electrons. The maximum atomic E-state index is 10.0. The molecule has 0 saturated heterocycles. The third-order valence-corrected chi connectivity index (χ3v) is 4.11. The van der Waals surface area contributed by atoms with Gasteiger partial charge >= 0.3 is 0 Å². The molecule has 0 amide bonds. The number of rotatable bonds is 4. The number of Topliss-reactive ketones (excluding diaryl/α,β-unsaturated/α-hetero) is 2. The second-order valence-electron chi connectivity index (χ2n) is 6.54. The average molecular weight is 563 g/mol. The first kappa shape index (κ1) is 22.4. The van der Waals surface area contributed by atoms with Gasteiger partial charge < -0.3 is 0 Å². The summed E-state index contributed by atoms with van der Waals surface area (Å²) in [6.07, 6.45) is 0.0833.